The van der Waals surface area contributed by atoms with Crippen LogP contribution in [0.15, 0.2) is 42.6 Å². The molecule has 1 heterocycles. The summed E-state index contributed by atoms with van der Waals surface area (Å²) in [5.41, 5.74) is 6.58. The second kappa shape index (κ2) is 6.73. The molecule has 0 saturated carbocycles. The first-order valence-electron chi connectivity index (χ1n) is 6.28. The molecule has 0 unspecified atom stereocenters. The topological polar surface area (TPSA) is 83.0 Å². The maximum absolute atomic E-state index is 12.7. The first kappa shape index (κ1) is 14.8. The molecule has 21 heavy (non-hydrogen) atoms. The Morgan fingerprint density at radius 1 is 1.38 bits per heavy atom. The van der Waals surface area contributed by atoms with Gasteiger partial charge in [0.05, 0.1) is 23.1 Å². The molecule has 6 heteroatoms. The van der Waals surface area contributed by atoms with E-state index in [-0.39, 0.29) is 35.3 Å². The van der Waals surface area contributed by atoms with Gasteiger partial charge in [0.25, 0.3) is 5.91 Å². The highest BCUT2D eigenvalue weighted by atomic mass is 35.5. The normalized spacial score (nSPS) is 9.90. The molecule has 0 aliphatic carbocycles. The van der Waals surface area contributed by atoms with Crippen LogP contribution in [0.1, 0.15) is 16.8 Å². The number of carbonyl (C=O) groups excluding carboxylic acids is 1. The molecule has 0 bridgehead atoms. The number of amides is 1. The average molecular weight is 301 g/mol. The number of aromatic nitrogens is 1. The van der Waals surface area contributed by atoms with E-state index in [1.54, 1.807) is 12.1 Å². The lowest BCUT2D eigenvalue weighted by Crippen LogP contribution is -2.32. The quantitative estimate of drug-likeness (QED) is 0.941. The number of hydrogen-bond acceptors (Lipinski definition) is 4. The zero-order chi connectivity index (χ0) is 15.2. The van der Waals surface area contributed by atoms with Crippen molar-refractivity contribution < 1.29 is 4.79 Å². The van der Waals surface area contributed by atoms with E-state index in [4.69, 9.17) is 22.6 Å². The number of nitrogens with zero attached hydrogens (tertiary/aromatic N) is 3. The van der Waals surface area contributed by atoms with Crippen molar-refractivity contribution in [1.29, 1.82) is 5.26 Å². The molecule has 0 atom stereocenters. The van der Waals surface area contributed by atoms with Crippen LogP contribution in [0.5, 0.6) is 0 Å². The van der Waals surface area contributed by atoms with E-state index in [2.05, 4.69) is 4.98 Å². The molecule has 0 aliphatic rings. The molecule has 0 aliphatic heterocycles. The second-order valence-corrected chi connectivity index (χ2v) is 4.70. The lowest BCUT2D eigenvalue weighted by Gasteiger charge is -2.22. The van der Waals surface area contributed by atoms with Crippen LogP contribution in [-0.2, 0) is 0 Å². The van der Waals surface area contributed by atoms with Crippen LogP contribution >= 0.6 is 11.6 Å². The van der Waals surface area contributed by atoms with E-state index in [1.165, 1.54) is 17.2 Å². The maximum atomic E-state index is 12.7. The van der Waals surface area contributed by atoms with Gasteiger partial charge >= 0.3 is 0 Å². The molecule has 1 aromatic carbocycles. The summed E-state index contributed by atoms with van der Waals surface area (Å²) in [5, 5.41) is 9.00. The molecule has 1 aromatic heterocycles. The monoisotopic (exact) mass is 300 g/mol. The predicted molar refractivity (Wildman–Crippen MR) is 82.0 cm³/mol. The van der Waals surface area contributed by atoms with Crippen molar-refractivity contribution in [1.82, 2.24) is 4.98 Å². The van der Waals surface area contributed by atoms with E-state index >= 15 is 0 Å². The molecule has 2 N–H and O–H groups in total. The minimum absolute atomic E-state index is 0.219. The van der Waals surface area contributed by atoms with Gasteiger partial charge in [-0.3, -0.25) is 4.79 Å². The summed E-state index contributed by atoms with van der Waals surface area (Å²) >= 11 is 6.03. The summed E-state index contributed by atoms with van der Waals surface area (Å²) in [5.74, 6) is -0.0911. The molecule has 0 fully saturated rings. The number of carbonyl (C=O) groups is 1. The first-order chi connectivity index (χ1) is 10.1. The molecule has 106 valence electrons. The molecule has 2 rings (SSSR count). The van der Waals surface area contributed by atoms with Crippen LogP contribution in [0.25, 0.3) is 0 Å². The number of nitrogen functional groups attached to an aromatic ring is 1. The number of nitrogens with two attached hydrogens (primary N) is 1. The fourth-order valence-electron chi connectivity index (χ4n) is 1.88. The van der Waals surface area contributed by atoms with Crippen LogP contribution in [0.4, 0.5) is 11.5 Å². The van der Waals surface area contributed by atoms with Gasteiger partial charge in [0.1, 0.15) is 5.82 Å². The van der Waals surface area contributed by atoms with Crippen LogP contribution in [0.2, 0.25) is 5.02 Å². The number of nitriles is 1. The van der Waals surface area contributed by atoms with Gasteiger partial charge in [-0.05, 0) is 18.2 Å². The van der Waals surface area contributed by atoms with Crippen molar-refractivity contribution >= 4 is 29.0 Å². The first-order valence-corrected chi connectivity index (χ1v) is 6.66. The van der Waals surface area contributed by atoms with Crippen molar-refractivity contribution in [2.45, 2.75) is 6.42 Å². The van der Waals surface area contributed by atoms with Crippen LogP contribution in [-0.4, -0.2) is 17.4 Å². The lowest BCUT2D eigenvalue weighted by atomic mass is 10.2. The third-order valence-corrected chi connectivity index (χ3v) is 3.17. The number of para-hydroxylation sites is 1. The zero-order valence-corrected chi connectivity index (χ0v) is 11.9. The molecule has 0 spiro atoms. The van der Waals surface area contributed by atoms with Gasteiger partial charge < -0.3 is 10.6 Å². The maximum Gasteiger partial charge on any atom is 0.260 e. The fourth-order valence-corrected chi connectivity index (χ4v) is 2.07. The predicted octanol–water partition coefficient (Wildman–Crippen LogP) is 2.88. The number of halogens is 1. The Balaban J connectivity index is 2.39. The third-order valence-electron chi connectivity index (χ3n) is 2.87. The largest absolute Gasteiger partial charge is 0.384 e. The Morgan fingerprint density at radius 2 is 2.10 bits per heavy atom. The smallest absolute Gasteiger partial charge is 0.260 e. The summed E-state index contributed by atoms with van der Waals surface area (Å²) in [6, 6.07) is 12.6. The minimum Gasteiger partial charge on any atom is -0.384 e. The summed E-state index contributed by atoms with van der Waals surface area (Å²) in [6.07, 6.45) is 1.57. The second-order valence-electron chi connectivity index (χ2n) is 4.29. The van der Waals surface area contributed by atoms with Gasteiger partial charge in [-0.1, -0.05) is 29.8 Å². The van der Waals surface area contributed by atoms with Crippen molar-refractivity contribution in [3.63, 3.8) is 0 Å². The van der Waals surface area contributed by atoms with E-state index in [0.717, 1.165) is 0 Å². The van der Waals surface area contributed by atoms with Crippen molar-refractivity contribution in [2.24, 2.45) is 0 Å². The SMILES string of the molecule is N#CCCN(C(=O)c1cc(N)ncc1Cl)c1ccccc1. The highest BCUT2D eigenvalue weighted by molar-refractivity contribution is 6.34. The van der Waals surface area contributed by atoms with Crippen molar-refractivity contribution in [3.8, 4) is 6.07 Å². The molecule has 0 radical (unpaired) electrons. The van der Waals surface area contributed by atoms with Gasteiger partial charge in [0, 0.05) is 18.4 Å². The molecule has 0 saturated heterocycles. The number of hydrogen-bond donors (Lipinski definition) is 1. The summed E-state index contributed by atoms with van der Waals surface area (Å²) in [6.45, 7) is 0.276. The highest BCUT2D eigenvalue weighted by Gasteiger charge is 2.20. The lowest BCUT2D eigenvalue weighted by molar-refractivity contribution is 0.0987. The molecular weight excluding hydrogens is 288 g/mol. The number of anilines is 2. The highest BCUT2D eigenvalue weighted by Crippen LogP contribution is 2.22. The number of benzene rings is 1. The Hall–Kier alpha value is -2.58. The minimum atomic E-state index is -0.310. The standard InChI is InChI=1S/C15H13ClN4O/c16-13-10-19-14(18)9-12(13)15(21)20(8-4-7-17)11-5-2-1-3-6-11/h1-3,5-6,9-10H,4,8H2,(H2,18,19). The van der Waals surface area contributed by atoms with E-state index in [9.17, 15) is 4.79 Å². The van der Waals surface area contributed by atoms with Crippen LogP contribution in [0, 0.1) is 11.3 Å². The average Bonchev–Trinajstić information content (AvgIpc) is 2.51. The van der Waals surface area contributed by atoms with E-state index in [0.29, 0.717) is 5.69 Å². The summed E-state index contributed by atoms with van der Waals surface area (Å²) in [4.78, 5) is 18.0. The Morgan fingerprint density at radius 3 is 2.76 bits per heavy atom. The molecular formula is C15H13ClN4O. The Kier molecular flexibility index (Phi) is 4.75. The number of pyridine rings is 1. The Labute approximate surface area is 127 Å². The van der Waals surface area contributed by atoms with E-state index in [1.807, 2.05) is 24.3 Å². The zero-order valence-electron chi connectivity index (χ0n) is 11.2. The Bertz CT molecular complexity index is 682. The van der Waals surface area contributed by atoms with Crippen molar-refractivity contribution in [3.05, 3.63) is 53.2 Å². The molecule has 5 nitrogen and oxygen atoms in total. The summed E-state index contributed by atoms with van der Waals surface area (Å²) < 4.78 is 0. The van der Waals surface area contributed by atoms with Gasteiger partial charge in [-0.15, -0.1) is 0 Å². The van der Waals surface area contributed by atoms with Gasteiger partial charge in [-0.25, -0.2) is 4.98 Å². The van der Waals surface area contributed by atoms with Crippen LogP contribution < -0.4 is 10.6 Å². The molecule has 1 amide bonds. The summed E-state index contributed by atoms with van der Waals surface area (Å²) in [7, 11) is 0. The van der Waals surface area contributed by atoms with Gasteiger partial charge in [0.15, 0.2) is 0 Å². The fraction of sp³-hybridized carbons (Fsp3) is 0.133. The van der Waals surface area contributed by atoms with Gasteiger partial charge in [0.2, 0.25) is 0 Å². The van der Waals surface area contributed by atoms with Crippen molar-refractivity contribution in [2.75, 3.05) is 17.2 Å². The van der Waals surface area contributed by atoms with Gasteiger partial charge in [-0.2, -0.15) is 5.26 Å². The molecule has 2 aromatic rings. The third kappa shape index (κ3) is 3.50. The van der Waals surface area contributed by atoms with Crippen LogP contribution in [0.3, 0.4) is 0 Å². The number of rotatable bonds is 4. The van der Waals surface area contributed by atoms with E-state index < -0.39 is 0 Å².